The minimum atomic E-state index is -4.36. The molecule has 2 rings (SSSR count). The van der Waals surface area contributed by atoms with E-state index >= 15 is 0 Å². The van der Waals surface area contributed by atoms with Crippen molar-refractivity contribution in [2.75, 3.05) is 13.6 Å². The van der Waals surface area contributed by atoms with E-state index in [-0.39, 0.29) is 30.9 Å². The van der Waals surface area contributed by atoms with E-state index in [1.54, 1.807) is 7.05 Å². The van der Waals surface area contributed by atoms with Crippen LogP contribution in [0.5, 0.6) is 0 Å². The maximum Gasteiger partial charge on any atom is 0.416 e. The monoisotopic (exact) mass is 399 g/mol. The average Bonchev–Trinajstić information content (AvgIpc) is 2.65. The Kier molecular flexibility index (Phi) is 8.14. The van der Waals surface area contributed by atoms with E-state index in [9.17, 15) is 22.8 Å². The third kappa shape index (κ3) is 7.40. The predicted molar refractivity (Wildman–Crippen MR) is 101 cm³/mol. The molecule has 0 aliphatic heterocycles. The van der Waals surface area contributed by atoms with Gasteiger partial charge in [-0.05, 0) is 37.0 Å². The van der Waals surface area contributed by atoms with Gasteiger partial charge in [-0.15, -0.1) is 0 Å². The van der Waals surface area contributed by atoms with Crippen molar-refractivity contribution in [2.24, 2.45) is 0 Å². The number of urea groups is 1. The van der Waals surface area contributed by atoms with Crippen LogP contribution in [0.2, 0.25) is 0 Å². The summed E-state index contributed by atoms with van der Waals surface area (Å²) in [4.78, 5) is 25.5. The molecule has 2 N–H and O–H groups in total. The molecule has 0 saturated heterocycles. The quantitative estimate of drug-likeness (QED) is 0.679. The van der Waals surface area contributed by atoms with Crippen molar-refractivity contribution in [1.82, 2.24) is 15.5 Å². The zero-order valence-corrected chi connectivity index (χ0v) is 16.1. The molecule has 0 radical (unpaired) electrons. The molecule has 8 heteroatoms. The summed E-state index contributed by atoms with van der Waals surface area (Å²) >= 11 is 0. The summed E-state index contributed by atoms with van der Waals surface area (Å²) in [5.74, 6) is -0.116. The van der Waals surface area contributed by atoms with Crippen molar-refractivity contribution in [3.63, 3.8) is 0 Å². The molecule has 0 bridgehead atoms. The van der Waals surface area contributed by atoms with E-state index in [4.69, 9.17) is 0 Å². The van der Waals surface area contributed by atoms with Crippen LogP contribution in [0, 0.1) is 0 Å². The Morgan fingerprint density at radius 2 is 1.75 bits per heavy atom. The highest BCUT2D eigenvalue weighted by Crippen LogP contribution is 2.29. The number of rotatable bonds is 7. The first kappa shape index (κ1) is 22.0. The van der Waals surface area contributed by atoms with Crippen molar-refractivity contribution in [1.29, 1.82) is 0 Å². The van der Waals surface area contributed by atoms with Gasteiger partial charge in [0.25, 0.3) is 0 Å². The first-order chi connectivity index (χ1) is 13.3. The van der Waals surface area contributed by atoms with E-state index in [1.165, 1.54) is 23.5 Å². The summed E-state index contributed by atoms with van der Waals surface area (Å²) in [5, 5.41) is 5.72. The number of nitrogens with zero attached hydrogens (tertiary/aromatic N) is 1. The summed E-state index contributed by atoms with van der Waals surface area (Å²) in [5.41, 5.74) is -0.0726. The molecule has 5 nitrogen and oxygen atoms in total. The lowest BCUT2D eigenvalue weighted by atomic mass is 9.96. The molecular weight excluding hydrogens is 371 g/mol. The van der Waals surface area contributed by atoms with Crippen molar-refractivity contribution < 1.29 is 22.8 Å². The Bertz CT molecular complexity index is 641. The van der Waals surface area contributed by atoms with Crippen LogP contribution in [0.15, 0.2) is 24.3 Å². The van der Waals surface area contributed by atoms with Crippen LogP contribution in [0.25, 0.3) is 0 Å². The van der Waals surface area contributed by atoms with Gasteiger partial charge in [0, 0.05) is 32.6 Å². The van der Waals surface area contributed by atoms with Crippen molar-refractivity contribution in [3.8, 4) is 0 Å². The third-order valence-electron chi connectivity index (χ3n) is 4.92. The summed E-state index contributed by atoms with van der Waals surface area (Å²) in [6, 6.07) is 4.83. The van der Waals surface area contributed by atoms with Gasteiger partial charge in [0.15, 0.2) is 0 Å². The van der Waals surface area contributed by atoms with E-state index in [1.807, 2.05) is 0 Å². The molecule has 1 aliphatic rings. The third-order valence-corrected chi connectivity index (χ3v) is 4.92. The van der Waals surface area contributed by atoms with E-state index in [0.29, 0.717) is 18.5 Å². The molecule has 0 unspecified atom stereocenters. The van der Waals surface area contributed by atoms with Gasteiger partial charge in [-0.1, -0.05) is 31.4 Å². The number of benzene rings is 1. The fourth-order valence-corrected chi connectivity index (χ4v) is 3.28. The topological polar surface area (TPSA) is 61.4 Å². The number of hydrogen-bond acceptors (Lipinski definition) is 2. The van der Waals surface area contributed by atoms with Gasteiger partial charge in [-0.3, -0.25) is 4.79 Å². The molecular formula is C20H28F3N3O2. The van der Waals surface area contributed by atoms with Gasteiger partial charge >= 0.3 is 12.2 Å². The van der Waals surface area contributed by atoms with E-state index < -0.39 is 11.7 Å². The Morgan fingerprint density at radius 1 is 1.11 bits per heavy atom. The molecule has 3 amide bonds. The molecule has 1 aliphatic carbocycles. The minimum Gasteiger partial charge on any atom is -0.341 e. The molecule has 0 spiro atoms. The molecule has 0 atom stereocenters. The zero-order chi connectivity index (χ0) is 20.6. The van der Waals surface area contributed by atoms with Crippen LogP contribution >= 0.6 is 0 Å². The molecule has 28 heavy (non-hydrogen) atoms. The summed E-state index contributed by atoms with van der Waals surface area (Å²) < 4.78 is 37.7. The Hall–Kier alpha value is -2.25. The van der Waals surface area contributed by atoms with Crippen LogP contribution in [0.3, 0.4) is 0 Å². The number of alkyl halides is 3. The lowest BCUT2D eigenvalue weighted by molar-refractivity contribution is -0.137. The Morgan fingerprint density at radius 3 is 2.36 bits per heavy atom. The van der Waals surface area contributed by atoms with Gasteiger partial charge < -0.3 is 15.5 Å². The second-order valence-corrected chi connectivity index (χ2v) is 7.28. The number of carbonyl (C=O) groups excluding carboxylic acids is 2. The number of nitrogens with one attached hydrogen (secondary N) is 2. The van der Waals surface area contributed by atoms with Crippen LogP contribution in [-0.4, -0.2) is 36.5 Å². The Labute approximate surface area is 163 Å². The fraction of sp³-hybridized carbons (Fsp3) is 0.600. The standard InChI is InChI=1S/C20H28F3N3O2/c1-26(14-15-9-11-16(12-10-15)20(21,22)23)18(27)8-5-13-24-19(28)25-17-6-3-2-4-7-17/h9-12,17H,2-8,13-14H2,1H3,(H2,24,25,28). The molecule has 1 aromatic rings. The smallest absolute Gasteiger partial charge is 0.341 e. The molecule has 0 heterocycles. The highest BCUT2D eigenvalue weighted by molar-refractivity contribution is 5.76. The predicted octanol–water partition coefficient (Wildman–Crippen LogP) is 4.08. The van der Waals surface area contributed by atoms with Crippen molar-refractivity contribution in [3.05, 3.63) is 35.4 Å². The van der Waals surface area contributed by atoms with Crippen molar-refractivity contribution in [2.45, 2.75) is 63.7 Å². The molecule has 1 fully saturated rings. The normalized spacial score (nSPS) is 15.1. The molecule has 156 valence electrons. The van der Waals surface area contributed by atoms with Gasteiger partial charge in [-0.2, -0.15) is 13.2 Å². The summed E-state index contributed by atoms with van der Waals surface area (Å²) in [6.45, 7) is 0.644. The van der Waals surface area contributed by atoms with E-state index in [0.717, 1.165) is 37.8 Å². The number of hydrogen-bond donors (Lipinski definition) is 2. The van der Waals surface area contributed by atoms with Crippen LogP contribution in [0.4, 0.5) is 18.0 Å². The first-order valence-corrected chi connectivity index (χ1v) is 9.70. The van der Waals surface area contributed by atoms with Crippen LogP contribution < -0.4 is 10.6 Å². The minimum absolute atomic E-state index is 0.116. The number of halogens is 3. The maximum absolute atomic E-state index is 12.6. The van der Waals surface area contributed by atoms with Crippen molar-refractivity contribution >= 4 is 11.9 Å². The van der Waals surface area contributed by atoms with Gasteiger partial charge in [-0.25, -0.2) is 4.79 Å². The van der Waals surface area contributed by atoms with Gasteiger partial charge in [0.2, 0.25) is 5.91 Å². The summed E-state index contributed by atoms with van der Waals surface area (Å²) in [7, 11) is 1.61. The SMILES string of the molecule is CN(Cc1ccc(C(F)(F)F)cc1)C(=O)CCCNC(=O)NC1CCCCC1. The van der Waals surface area contributed by atoms with E-state index in [2.05, 4.69) is 10.6 Å². The fourth-order valence-electron chi connectivity index (χ4n) is 3.28. The number of amides is 3. The van der Waals surface area contributed by atoms with Crippen LogP contribution in [-0.2, 0) is 17.5 Å². The lowest BCUT2D eigenvalue weighted by Crippen LogP contribution is -2.43. The molecule has 1 saturated carbocycles. The largest absolute Gasteiger partial charge is 0.416 e. The molecule has 1 aromatic carbocycles. The van der Waals surface area contributed by atoms with Gasteiger partial charge in [0.1, 0.15) is 0 Å². The lowest BCUT2D eigenvalue weighted by Gasteiger charge is -2.23. The van der Waals surface area contributed by atoms with Crippen LogP contribution in [0.1, 0.15) is 56.1 Å². The second-order valence-electron chi connectivity index (χ2n) is 7.28. The highest BCUT2D eigenvalue weighted by atomic mass is 19.4. The second kappa shape index (κ2) is 10.3. The summed E-state index contributed by atoms with van der Waals surface area (Å²) in [6.07, 6.45) is 1.95. The molecule has 0 aromatic heterocycles. The van der Waals surface area contributed by atoms with Gasteiger partial charge in [0.05, 0.1) is 5.56 Å². The number of carbonyl (C=O) groups is 2. The highest BCUT2D eigenvalue weighted by Gasteiger charge is 2.30. The zero-order valence-electron chi connectivity index (χ0n) is 16.1. The Balaban J connectivity index is 1.64. The average molecular weight is 399 g/mol. The first-order valence-electron chi connectivity index (χ1n) is 9.70. The maximum atomic E-state index is 12.6.